The summed E-state index contributed by atoms with van der Waals surface area (Å²) in [4.78, 5) is 30.2. The van der Waals surface area contributed by atoms with Crippen LogP contribution in [0.15, 0.2) is 28.6 Å². The van der Waals surface area contributed by atoms with Crippen LogP contribution < -0.4 is 10.2 Å². The van der Waals surface area contributed by atoms with Crippen molar-refractivity contribution >= 4 is 57.5 Å². The number of carbonyl (C=O) groups excluding carboxylic acids is 2. The summed E-state index contributed by atoms with van der Waals surface area (Å²) in [5.74, 6) is -0.340. The highest BCUT2D eigenvalue weighted by Crippen LogP contribution is 2.33. The van der Waals surface area contributed by atoms with E-state index in [2.05, 4.69) is 10.3 Å². The lowest BCUT2D eigenvalue weighted by atomic mass is 10.1. The summed E-state index contributed by atoms with van der Waals surface area (Å²) in [5.41, 5.74) is 0.342. The molecule has 0 saturated heterocycles. The fourth-order valence-electron chi connectivity index (χ4n) is 3.32. The van der Waals surface area contributed by atoms with E-state index in [4.69, 9.17) is 16.3 Å². The maximum atomic E-state index is 14.0. The van der Waals surface area contributed by atoms with Gasteiger partial charge < -0.3 is 4.74 Å². The van der Waals surface area contributed by atoms with Crippen LogP contribution in [-0.4, -0.2) is 35.9 Å². The van der Waals surface area contributed by atoms with E-state index in [0.717, 1.165) is 29.9 Å². The lowest BCUT2D eigenvalue weighted by molar-refractivity contribution is -0.139. The number of aromatic nitrogens is 1. The molecule has 2 aromatic rings. The standard InChI is InChI=1S/C20H23ClFN3O3S2/c1-2-28-16(26)12-29-17-10-23-19(30-17)24-20(27)25(11-13-6-3-4-7-13)15-9-5-8-14(22)18(15)21/h5,8-10,13H,2-4,6-7,11-12H2,1H3,(H,23,24,27). The molecule has 0 unspecified atom stereocenters. The average Bonchev–Trinajstić information content (AvgIpc) is 3.39. The van der Waals surface area contributed by atoms with Gasteiger partial charge >= 0.3 is 12.0 Å². The summed E-state index contributed by atoms with van der Waals surface area (Å²) in [6.07, 6.45) is 5.92. The third-order valence-electron chi connectivity index (χ3n) is 4.72. The van der Waals surface area contributed by atoms with Gasteiger partial charge in [-0.05, 0) is 37.8 Å². The highest BCUT2D eigenvalue weighted by molar-refractivity contribution is 8.01. The van der Waals surface area contributed by atoms with E-state index in [0.29, 0.717) is 29.9 Å². The van der Waals surface area contributed by atoms with Crippen LogP contribution in [0.2, 0.25) is 5.02 Å². The van der Waals surface area contributed by atoms with Crippen molar-refractivity contribution < 1.29 is 18.7 Å². The molecule has 1 aliphatic rings. The van der Waals surface area contributed by atoms with Crippen LogP contribution >= 0.6 is 34.7 Å². The Morgan fingerprint density at radius 2 is 2.17 bits per heavy atom. The molecule has 0 radical (unpaired) electrons. The number of benzene rings is 1. The average molecular weight is 472 g/mol. The molecule has 162 valence electrons. The summed E-state index contributed by atoms with van der Waals surface area (Å²) < 4.78 is 19.7. The van der Waals surface area contributed by atoms with Crippen LogP contribution in [0.4, 0.5) is 20.0 Å². The van der Waals surface area contributed by atoms with Crippen molar-refractivity contribution in [1.82, 2.24) is 4.98 Å². The molecule has 0 bridgehead atoms. The number of amides is 2. The molecule has 0 atom stereocenters. The predicted octanol–water partition coefficient (Wildman–Crippen LogP) is 5.82. The molecule has 1 aromatic heterocycles. The quantitative estimate of drug-likeness (QED) is 0.388. The van der Waals surface area contributed by atoms with E-state index in [-0.39, 0.29) is 16.7 Å². The minimum atomic E-state index is -0.565. The van der Waals surface area contributed by atoms with Gasteiger partial charge in [-0.2, -0.15) is 0 Å². The van der Waals surface area contributed by atoms with E-state index in [1.54, 1.807) is 25.3 Å². The fourth-order valence-corrected chi connectivity index (χ4v) is 5.21. The van der Waals surface area contributed by atoms with Crippen LogP contribution in [-0.2, 0) is 9.53 Å². The van der Waals surface area contributed by atoms with Crippen molar-refractivity contribution in [3.63, 3.8) is 0 Å². The van der Waals surface area contributed by atoms with Gasteiger partial charge in [0.25, 0.3) is 0 Å². The Morgan fingerprint density at radius 3 is 2.90 bits per heavy atom. The van der Waals surface area contributed by atoms with E-state index in [1.165, 1.54) is 34.1 Å². The molecule has 1 aliphatic carbocycles. The van der Waals surface area contributed by atoms with E-state index in [1.807, 2.05) is 0 Å². The Balaban J connectivity index is 1.70. The largest absolute Gasteiger partial charge is 0.465 e. The number of hydrogen-bond acceptors (Lipinski definition) is 6. The summed E-state index contributed by atoms with van der Waals surface area (Å²) in [6.45, 7) is 2.55. The van der Waals surface area contributed by atoms with Crippen molar-refractivity contribution in [3.05, 3.63) is 35.2 Å². The Bertz CT molecular complexity index is 890. The number of anilines is 2. The number of thiazole rings is 1. The van der Waals surface area contributed by atoms with Crippen LogP contribution in [0, 0.1) is 11.7 Å². The van der Waals surface area contributed by atoms with Crippen molar-refractivity contribution in [3.8, 4) is 0 Å². The fraction of sp³-hybridized carbons (Fsp3) is 0.450. The Kier molecular flexibility index (Phi) is 8.35. The maximum absolute atomic E-state index is 14.0. The SMILES string of the molecule is CCOC(=O)CSc1cnc(NC(=O)N(CC2CCCC2)c2cccc(F)c2Cl)s1. The van der Waals surface area contributed by atoms with Crippen molar-refractivity contribution in [2.75, 3.05) is 29.1 Å². The highest BCUT2D eigenvalue weighted by Gasteiger charge is 2.26. The predicted molar refractivity (Wildman–Crippen MR) is 119 cm³/mol. The Hall–Kier alpha value is -1.84. The third-order valence-corrected chi connectivity index (χ3v) is 7.17. The molecule has 1 heterocycles. The molecule has 6 nitrogen and oxygen atoms in total. The van der Waals surface area contributed by atoms with Gasteiger partial charge in [-0.1, -0.05) is 41.8 Å². The molecule has 1 saturated carbocycles. The van der Waals surface area contributed by atoms with Crippen molar-refractivity contribution in [1.29, 1.82) is 0 Å². The Morgan fingerprint density at radius 1 is 1.40 bits per heavy atom. The summed E-state index contributed by atoms with van der Waals surface area (Å²) in [5, 5.41) is 3.10. The maximum Gasteiger partial charge on any atom is 0.328 e. The second-order valence-electron chi connectivity index (χ2n) is 6.84. The van der Waals surface area contributed by atoms with Gasteiger partial charge in [0.1, 0.15) is 10.8 Å². The van der Waals surface area contributed by atoms with Gasteiger partial charge in [-0.3, -0.25) is 15.0 Å². The number of nitrogens with one attached hydrogen (secondary N) is 1. The zero-order chi connectivity index (χ0) is 21.5. The molecule has 0 spiro atoms. The van der Waals surface area contributed by atoms with Gasteiger partial charge in [-0.25, -0.2) is 14.2 Å². The van der Waals surface area contributed by atoms with Crippen LogP contribution in [0.25, 0.3) is 0 Å². The van der Waals surface area contributed by atoms with Gasteiger partial charge in [0.15, 0.2) is 5.13 Å². The number of nitrogens with zero attached hydrogens (tertiary/aromatic N) is 2. The second kappa shape index (κ2) is 11.0. The number of urea groups is 1. The van der Waals surface area contributed by atoms with Gasteiger partial charge in [0.05, 0.1) is 28.5 Å². The zero-order valence-corrected chi connectivity index (χ0v) is 18.9. The summed E-state index contributed by atoms with van der Waals surface area (Å²) in [6, 6.07) is 4.04. The first kappa shape index (κ1) is 22.8. The molecule has 10 heteroatoms. The normalized spacial score (nSPS) is 14.0. The van der Waals surface area contributed by atoms with Crippen molar-refractivity contribution in [2.45, 2.75) is 36.8 Å². The molecule has 1 aromatic carbocycles. The number of esters is 1. The van der Waals surface area contributed by atoms with Crippen LogP contribution in [0.1, 0.15) is 32.6 Å². The monoisotopic (exact) mass is 471 g/mol. The summed E-state index contributed by atoms with van der Waals surface area (Å²) in [7, 11) is 0. The second-order valence-corrected chi connectivity index (χ2v) is 9.53. The number of carbonyl (C=O) groups is 2. The number of ether oxygens (including phenoxy) is 1. The smallest absolute Gasteiger partial charge is 0.328 e. The highest BCUT2D eigenvalue weighted by atomic mass is 35.5. The zero-order valence-electron chi connectivity index (χ0n) is 16.5. The molecule has 0 aliphatic heterocycles. The summed E-state index contributed by atoms with van der Waals surface area (Å²) >= 11 is 8.72. The lowest BCUT2D eigenvalue weighted by Gasteiger charge is -2.26. The number of thioether (sulfide) groups is 1. The minimum Gasteiger partial charge on any atom is -0.465 e. The molecule has 3 rings (SSSR count). The molecular formula is C20H23ClFN3O3S2. The number of hydrogen-bond donors (Lipinski definition) is 1. The van der Waals surface area contributed by atoms with Crippen LogP contribution in [0.3, 0.4) is 0 Å². The first-order valence-electron chi connectivity index (χ1n) is 9.74. The first-order chi connectivity index (χ1) is 14.5. The van der Waals surface area contributed by atoms with Gasteiger partial charge in [0, 0.05) is 6.54 Å². The number of halogens is 2. The third kappa shape index (κ3) is 6.09. The topological polar surface area (TPSA) is 71.5 Å². The van der Waals surface area contributed by atoms with Gasteiger partial charge in [-0.15, -0.1) is 11.8 Å². The van der Waals surface area contributed by atoms with Crippen LogP contribution in [0.5, 0.6) is 0 Å². The molecule has 2 amide bonds. The van der Waals surface area contributed by atoms with Crippen molar-refractivity contribution in [2.24, 2.45) is 5.92 Å². The molecular weight excluding hydrogens is 449 g/mol. The molecule has 1 fully saturated rings. The van der Waals surface area contributed by atoms with E-state index < -0.39 is 11.8 Å². The minimum absolute atomic E-state index is 0.0736. The van der Waals surface area contributed by atoms with Gasteiger partial charge in [0.2, 0.25) is 0 Å². The van der Waals surface area contributed by atoms with E-state index in [9.17, 15) is 14.0 Å². The molecule has 1 N–H and O–H groups in total. The molecule has 30 heavy (non-hydrogen) atoms. The van der Waals surface area contributed by atoms with E-state index >= 15 is 0 Å². The lowest BCUT2D eigenvalue weighted by Crippen LogP contribution is -2.38. The Labute approximate surface area is 188 Å². The number of rotatable bonds is 8. The first-order valence-corrected chi connectivity index (χ1v) is 11.9.